The third-order valence-corrected chi connectivity index (χ3v) is 4.83. The van der Waals surface area contributed by atoms with E-state index in [1.54, 1.807) is 49.6 Å². The van der Waals surface area contributed by atoms with Gasteiger partial charge in [-0.15, -0.1) is 0 Å². The first-order valence-corrected chi connectivity index (χ1v) is 8.26. The van der Waals surface area contributed by atoms with Crippen LogP contribution in [-0.4, -0.2) is 22.1 Å². The van der Waals surface area contributed by atoms with Crippen LogP contribution in [-0.2, 0) is 16.4 Å². The predicted octanol–water partition coefficient (Wildman–Crippen LogP) is 2.87. The number of hydrogen-bond acceptors (Lipinski definition) is 3. The van der Waals surface area contributed by atoms with Crippen LogP contribution in [0.25, 0.3) is 0 Å². The zero-order valence-corrected chi connectivity index (χ0v) is 13.1. The van der Waals surface area contributed by atoms with Gasteiger partial charge in [0.25, 0.3) is 0 Å². The SMILES string of the molecule is COc1ccc(CCNS(=O)(=O)c2ccccc2)c(Cl)c1. The number of ether oxygens (including phenoxy) is 1. The van der Waals surface area contributed by atoms with Crippen molar-refractivity contribution in [1.29, 1.82) is 0 Å². The molecule has 0 aliphatic rings. The van der Waals surface area contributed by atoms with Crippen LogP contribution in [0, 0.1) is 0 Å². The average Bonchev–Trinajstić information content (AvgIpc) is 2.49. The standard InChI is InChI=1S/C15H16ClNO3S/c1-20-13-8-7-12(15(16)11-13)9-10-17-21(18,19)14-5-3-2-4-6-14/h2-8,11,17H,9-10H2,1H3. The molecule has 0 atom stereocenters. The Labute approximate surface area is 129 Å². The second-order valence-electron chi connectivity index (χ2n) is 4.42. The van der Waals surface area contributed by atoms with Gasteiger partial charge in [-0.2, -0.15) is 0 Å². The van der Waals surface area contributed by atoms with Gasteiger partial charge in [0.2, 0.25) is 10.0 Å². The van der Waals surface area contributed by atoms with Crippen LogP contribution < -0.4 is 9.46 Å². The molecular formula is C15H16ClNO3S. The lowest BCUT2D eigenvalue weighted by Gasteiger charge is -2.09. The van der Waals surface area contributed by atoms with E-state index in [0.29, 0.717) is 17.2 Å². The van der Waals surface area contributed by atoms with Gasteiger partial charge >= 0.3 is 0 Å². The molecule has 0 aliphatic carbocycles. The lowest BCUT2D eigenvalue weighted by atomic mass is 10.1. The molecule has 0 saturated carbocycles. The smallest absolute Gasteiger partial charge is 0.240 e. The molecule has 112 valence electrons. The third kappa shape index (κ3) is 4.20. The van der Waals surface area contributed by atoms with Crippen LogP contribution in [0.4, 0.5) is 0 Å². The van der Waals surface area contributed by atoms with Crippen LogP contribution in [0.5, 0.6) is 5.75 Å². The number of rotatable bonds is 6. The number of benzene rings is 2. The zero-order valence-electron chi connectivity index (χ0n) is 11.5. The number of sulfonamides is 1. The quantitative estimate of drug-likeness (QED) is 0.888. The Bertz CT molecular complexity index is 702. The summed E-state index contributed by atoms with van der Waals surface area (Å²) >= 11 is 6.12. The van der Waals surface area contributed by atoms with Gasteiger partial charge < -0.3 is 4.74 Å². The van der Waals surface area contributed by atoms with Crippen LogP contribution in [0.2, 0.25) is 5.02 Å². The molecule has 6 heteroatoms. The van der Waals surface area contributed by atoms with E-state index in [2.05, 4.69) is 4.72 Å². The molecule has 0 spiro atoms. The van der Waals surface area contributed by atoms with Crippen molar-refractivity contribution in [1.82, 2.24) is 4.72 Å². The molecule has 2 rings (SSSR count). The topological polar surface area (TPSA) is 55.4 Å². The molecule has 0 aromatic heterocycles. The number of nitrogens with one attached hydrogen (secondary N) is 1. The largest absolute Gasteiger partial charge is 0.497 e. The summed E-state index contributed by atoms with van der Waals surface area (Å²) in [4.78, 5) is 0.255. The van der Waals surface area contributed by atoms with E-state index in [1.807, 2.05) is 6.07 Å². The highest BCUT2D eigenvalue weighted by molar-refractivity contribution is 7.89. The van der Waals surface area contributed by atoms with Gasteiger partial charge in [-0.1, -0.05) is 35.9 Å². The zero-order chi connectivity index (χ0) is 15.3. The highest BCUT2D eigenvalue weighted by Gasteiger charge is 2.12. The van der Waals surface area contributed by atoms with Gasteiger partial charge in [0.1, 0.15) is 5.75 Å². The van der Waals surface area contributed by atoms with Crippen molar-refractivity contribution in [2.24, 2.45) is 0 Å². The Morgan fingerprint density at radius 3 is 2.48 bits per heavy atom. The summed E-state index contributed by atoms with van der Waals surface area (Å²) in [6, 6.07) is 13.6. The summed E-state index contributed by atoms with van der Waals surface area (Å²) in [5.74, 6) is 0.675. The fraction of sp³-hybridized carbons (Fsp3) is 0.200. The first kappa shape index (κ1) is 15.8. The minimum atomic E-state index is -3.47. The van der Waals surface area contributed by atoms with E-state index >= 15 is 0 Å². The van der Waals surface area contributed by atoms with Crippen molar-refractivity contribution >= 4 is 21.6 Å². The van der Waals surface area contributed by atoms with Gasteiger partial charge in [0.05, 0.1) is 12.0 Å². The summed E-state index contributed by atoms with van der Waals surface area (Å²) in [7, 11) is -1.91. The summed E-state index contributed by atoms with van der Waals surface area (Å²) < 4.78 is 31.7. The Morgan fingerprint density at radius 2 is 1.86 bits per heavy atom. The molecule has 0 heterocycles. The molecule has 21 heavy (non-hydrogen) atoms. The molecule has 0 bridgehead atoms. The molecule has 0 saturated heterocycles. The molecule has 2 aromatic rings. The van der Waals surface area contributed by atoms with Gasteiger partial charge in [0, 0.05) is 11.6 Å². The van der Waals surface area contributed by atoms with Gasteiger partial charge in [0.15, 0.2) is 0 Å². The summed E-state index contributed by atoms with van der Waals surface area (Å²) in [6.45, 7) is 0.281. The van der Waals surface area contributed by atoms with E-state index in [1.165, 1.54) is 0 Å². The third-order valence-electron chi connectivity index (χ3n) is 3.00. The lowest BCUT2D eigenvalue weighted by Crippen LogP contribution is -2.26. The molecule has 2 aromatic carbocycles. The van der Waals surface area contributed by atoms with E-state index in [4.69, 9.17) is 16.3 Å². The number of halogens is 1. The minimum absolute atomic E-state index is 0.255. The Balaban J connectivity index is 1.98. The molecule has 0 aliphatic heterocycles. The van der Waals surface area contributed by atoms with E-state index in [-0.39, 0.29) is 11.4 Å². The highest BCUT2D eigenvalue weighted by atomic mass is 35.5. The van der Waals surface area contributed by atoms with Crippen LogP contribution in [0.1, 0.15) is 5.56 Å². The monoisotopic (exact) mass is 325 g/mol. The Kier molecular flexibility index (Phi) is 5.22. The molecule has 0 radical (unpaired) electrons. The van der Waals surface area contributed by atoms with Gasteiger partial charge in [-0.25, -0.2) is 13.1 Å². The minimum Gasteiger partial charge on any atom is -0.497 e. The van der Waals surface area contributed by atoms with Crippen molar-refractivity contribution in [2.45, 2.75) is 11.3 Å². The van der Waals surface area contributed by atoms with Crippen molar-refractivity contribution in [3.63, 3.8) is 0 Å². The fourth-order valence-corrected chi connectivity index (χ4v) is 3.18. The van der Waals surface area contributed by atoms with Crippen molar-refractivity contribution < 1.29 is 13.2 Å². The van der Waals surface area contributed by atoms with E-state index in [0.717, 1.165) is 5.56 Å². The maximum atomic E-state index is 12.0. The molecule has 0 fully saturated rings. The van der Waals surface area contributed by atoms with Crippen molar-refractivity contribution in [3.05, 3.63) is 59.1 Å². The fourth-order valence-electron chi connectivity index (χ4n) is 1.86. The van der Waals surface area contributed by atoms with Crippen LogP contribution in [0.3, 0.4) is 0 Å². The van der Waals surface area contributed by atoms with Crippen molar-refractivity contribution in [3.8, 4) is 5.75 Å². The molecule has 1 N–H and O–H groups in total. The molecular weight excluding hydrogens is 310 g/mol. The summed E-state index contributed by atoms with van der Waals surface area (Å²) in [5, 5.41) is 0.563. The normalized spacial score (nSPS) is 11.3. The molecule has 0 amide bonds. The van der Waals surface area contributed by atoms with Crippen LogP contribution in [0.15, 0.2) is 53.4 Å². The average molecular weight is 326 g/mol. The molecule has 0 unspecified atom stereocenters. The highest BCUT2D eigenvalue weighted by Crippen LogP contribution is 2.22. The van der Waals surface area contributed by atoms with Gasteiger partial charge in [-0.3, -0.25) is 0 Å². The molecule has 4 nitrogen and oxygen atoms in total. The second-order valence-corrected chi connectivity index (χ2v) is 6.59. The lowest BCUT2D eigenvalue weighted by molar-refractivity contribution is 0.414. The van der Waals surface area contributed by atoms with Crippen molar-refractivity contribution in [2.75, 3.05) is 13.7 Å². The number of methoxy groups -OCH3 is 1. The van der Waals surface area contributed by atoms with Crippen LogP contribution >= 0.6 is 11.6 Å². The maximum absolute atomic E-state index is 12.0. The Morgan fingerprint density at radius 1 is 1.14 bits per heavy atom. The second kappa shape index (κ2) is 6.93. The summed E-state index contributed by atoms with van der Waals surface area (Å²) in [6.07, 6.45) is 0.509. The first-order valence-electron chi connectivity index (χ1n) is 6.40. The number of hydrogen-bond donors (Lipinski definition) is 1. The predicted molar refractivity (Wildman–Crippen MR) is 83.3 cm³/mol. The van der Waals surface area contributed by atoms with Gasteiger partial charge in [-0.05, 0) is 36.2 Å². The Hall–Kier alpha value is -1.56. The maximum Gasteiger partial charge on any atom is 0.240 e. The van der Waals surface area contributed by atoms with E-state index < -0.39 is 10.0 Å². The first-order chi connectivity index (χ1) is 10.0. The van der Waals surface area contributed by atoms with E-state index in [9.17, 15) is 8.42 Å². The summed E-state index contributed by atoms with van der Waals surface area (Å²) in [5.41, 5.74) is 0.869.